The molecule has 3 atom stereocenters. The van der Waals surface area contributed by atoms with Crippen LogP contribution in [0.4, 0.5) is 0 Å². The van der Waals surface area contributed by atoms with Gasteiger partial charge in [0.15, 0.2) is 0 Å². The van der Waals surface area contributed by atoms with Crippen LogP contribution in [0.2, 0.25) is 0 Å². The quantitative estimate of drug-likeness (QED) is 0.746. The van der Waals surface area contributed by atoms with Crippen molar-refractivity contribution in [2.75, 3.05) is 25.5 Å². The van der Waals surface area contributed by atoms with Crippen LogP contribution < -0.4 is 5.32 Å². The van der Waals surface area contributed by atoms with Crippen molar-refractivity contribution in [3.63, 3.8) is 0 Å². The molecule has 4 heteroatoms. The highest BCUT2D eigenvalue weighted by atomic mass is 32.2. The number of rotatable bonds is 7. The average Bonchev–Trinajstić information content (AvgIpc) is 3.04. The Labute approximate surface area is 115 Å². The predicted octanol–water partition coefficient (Wildman–Crippen LogP) is 2.18. The molecule has 1 saturated heterocycles. The first kappa shape index (κ1) is 14.6. The molecule has 0 radical (unpaired) electrons. The standard InChI is InChI=1S/C14H27NO2S/c1-2-7-15-14(11-16)6-5-13(9-14)18-10-12-4-3-8-17-12/h12-13,15-16H,2-11H2,1H3. The van der Waals surface area contributed by atoms with Crippen molar-refractivity contribution in [3.05, 3.63) is 0 Å². The van der Waals surface area contributed by atoms with Crippen molar-refractivity contribution in [1.82, 2.24) is 5.32 Å². The molecule has 3 unspecified atom stereocenters. The summed E-state index contributed by atoms with van der Waals surface area (Å²) in [4.78, 5) is 0. The largest absolute Gasteiger partial charge is 0.394 e. The molecule has 0 aromatic heterocycles. The highest BCUT2D eigenvalue weighted by Crippen LogP contribution is 2.37. The molecule has 2 rings (SSSR count). The Bertz CT molecular complexity index is 246. The van der Waals surface area contributed by atoms with Crippen LogP contribution >= 0.6 is 11.8 Å². The second-order valence-corrected chi connectivity index (χ2v) is 7.03. The van der Waals surface area contributed by atoms with Crippen molar-refractivity contribution in [3.8, 4) is 0 Å². The molecule has 1 saturated carbocycles. The second-order valence-electron chi connectivity index (χ2n) is 5.70. The summed E-state index contributed by atoms with van der Waals surface area (Å²) >= 11 is 2.06. The Hall–Kier alpha value is 0.230. The first-order valence-electron chi connectivity index (χ1n) is 7.37. The Morgan fingerprint density at radius 2 is 2.33 bits per heavy atom. The van der Waals surface area contributed by atoms with Gasteiger partial charge in [-0.25, -0.2) is 0 Å². The van der Waals surface area contributed by atoms with E-state index in [1.165, 1.54) is 19.3 Å². The van der Waals surface area contributed by atoms with E-state index >= 15 is 0 Å². The van der Waals surface area contributed by atoms with Gasteiger partial charge in [-0.1, -0.05) is 6.92 Å². The molecule has 0 aromatic rings. The summed E-state index contributed by atoms with van der Waals surface area (Å²) in [6.45, 7) is 4.43. The van der Waals surface area contributed by atoms with Gasteiger partial charge in [0.05, 0.1) is 12.7 Å². The van der Waals surface area contributed by atoms with E-state index in [1.807, 2.05) is 0 Å². The van der Waals surface area contributed by atoms with Crippen LogP contribution in [0, 0.1) is 0 Å². The van der Waals surface area contributed by atoms with Crippen LogP contribution in [0.3, 0.4) is 0 Å². The Morgan fingerprint density at radius 1 is 1.44 bits per heavy atom. The Balaban J connectivity index is 1.71. The summed E-state index contributed by atoms with van der Waals surface area (Å²) in [6, 6.07) is 0. The van der Waals surface area contributed by atoms with Gasteiger partial charge in [-0.05, 0) is 45.1 Å². The molecular weight excluding hydrogens is 246 g/mol. The number of hydrogen-bond donors (Lipinski definition) is 2. The third-order valence-electron chi connectivity index (χ3n) is 4.16. The van der Waals surface area contributed by atoms with E-state index in [1.54, 1.807) is 0 Å². The van der Waals surface area contributed by atoms with E-state index in [9.17, 15) is 5.11 Å². The molecule has 1 heterocycles. The fourth-order valence-electron chi connectivity index (χ4n) is 2.99. The lowest BCUT2D eigenvalue weighted by atomic mass is 9.99. The molecule has 0 amide bonds. The molecule has 0 aromatic carbocycles. The van der Waals surface area contributed by atoms with Gasteiger partial charge in [0, 0.05) is 23.1 Å². The smallest absolute Gasteiger partial charge is 0.0666 e. The van der Waals surface area contributed by atoms with Gasteiger partial charge in [-0.2, -0.15) is 11.8 Å². The molecule has 1 aliphatic carbocycles. The lowest BCUT2D eigenvalue weighted by Gasteiger charge is -2.28. The van der Waals surface area contributed by atoms with Crippen LogP contribution in [0.25, 0.3) is 0 Å². The predicted molar refractivity (Wildman–Crippen MR) is 77.2 cm³/mol. The summed E-state index contributed by atoms with van der Waals surface area (Å²) in [5.74, 6) is 1.14. The van der Waals surface area contributed by atoms with Gasteiger partial charge in [0.2, 0.25) is 0 Å². The molecule has 2 fully saturated rings. The third-order valence-corrected chi connectivity index (χ3v) is 5.60. The van der Waals surface area contributed by atoms with E-state index in [0.29, 0.717) is 11.4 Å². The van der Waals surface area contributed by atoms with E-state index < -0.39 is 0 Å². The third kappa shape index (κ3) is 3.86. The highest BCUT2D eigenvalue weighted by Gasteiger charge is 2.38. The Kier molecular flexibility index (Phi) is 5.80. The topological polar surface area (TPSA) is 41.5 Å². The van der Waals surface area contributed by atoms with Gasteiger partial charge < -0.3 is 15.2 Å². The van der Waals surface area contributed by atoms with Gasteiger partial charge in [-0.15, -0.1) is 0 Å². The highest BCUT2D eigenvalue weighted by molar-refractivity contribution is 7.99. The first-order chi connectivity index (χ1) is 8.78. The molecular formula is C14H27NO2S. The van der Waals surface area contributed by atoms with Gasteiger partial charge >= 0.3 is 0 Å². The lowest BCUT2D eigenvalue weighted by molar-refractivity contribution is 0.128. The Morgan fingerprint density at radius 3 is 3.00 bits per heavy atom. The summed E-state index contributed by atoms with van der Waals surface area (Å²) in [6.07, 6.45) is 7.55. The van der Waals surface area contributed by atoms with E-state index in [2.05, 4.69) is 24.0 Å². The summed E-state index contributed by atoms with van der Waals surface area (Å²) in [5, 5.41) is 13.9. The molecule has 2 aliphatic rings. The first-order valence-corrected chi connectivity index (χ1v) is 8.42. The molecule has 0 bridgehead atoms. The minimum absolute atomic E-state index is 0.00418. The maximum atomic E-state index is 9.64. The molecule has 18 heavy (non-hydrogen) atoms. The zero-order chi connectivity index (χ0) is 12.8. The van der Waals surface area contributed by atoms with E-state index in [0.717, 1.165) is 38.2 Å². The zero-order valence-electron chi connectivity index (χ0n) is 11.5. The minimum atomic E-state index is 0.00418. The van der Waals surface area contributed by atoms with Crippen LogP contribution in [-0.4, -0.2) is 47.5 Å². The van der Waals surface area contributed by atoms with Crippen LogP contribution in [0.5, 0.6) is 0 Å². The summed E-state index contributed by atoms with van der Waals surface area (Å²) in [7, 11) is 0. The minimum Gasteiger partial charge on any atom is -0.394 e. The van der Waals surface area contributed by atoms with Gasteiger partial charge in [0.1, 0.15) is 0 Å². The maximum Gasteiger partial charge on any atom is 0.0666 e. The number of aliphatic hydroxyl groups excluding tert-OH is 1. The molecule has 2 N–H and O–H groups in total. The van der Waals surface area contributed by atoms with Gasteiger partial charge in [-0.3, -0.25) is 0 Å². The second kappa shape index (κ2) is 7.13. The van der Waals surface area contributed by atoms with E-state index in [4.69, 9.17) is 4.74 Å². The van der Waals surface area contributed by atoms with Gasteiger partial charge in [0.25, 0.3) is 0 Å². The van der Waals surface area contributed by atoms with Crippen LogP contribution in [0.15, 0.2) is 0 Å². The number of thioether (sulfide) groups is 1. The fraction of sp³-hybridized carbons (Fsp3) is 1.00. The van der Waals surface area contributed by atoms with E-state index in [-0.39, 0.29) is 12.1 Å². The number of hydrogen-bond acceptors (Lipinski definition) is 4. The summed E-state index contributed by atoms with van der Waals surface area (Å²) in [5.41, 5.74) is 0.00418. The molecule has 106 valence electrons. The molecule has 0 spiro atoms. The number of ether oxygens (including phenoxy) is 1. The maximum absolute atomic E-state index is 9.64. The van der Waals surface area contributed by atoms with Crippen molar-refractivity contribution < 1.29 is 9.84 Å². The van der Waals surface area contributed by atoms with Crippen LogP contribution in [-0.2, 0) is 4.74 Å². The zero-order valence-corrected chi connectivity index (χ0v) is 12.3. The van der Waals surface area contributed by atoms with Crippen molar-refractivity contribution in [2.24, 2.45) is 0 Å². The van der Waals surface area contributed by atoms with Crippen molar-refractivity contribution >= 4 is 11.8 Å². The summed E-state index contributed by atoms with van der Waals surface area (Å²) < 4.78 is 5.67. The van der Waals surface area contributed by atoms with Crippen molar-refractivity contribution in [1.29, 1.82) is 0 Å². The SMILES string of the molecule is CCCNC1(CO)CCC(SCC2CCCO2)C1. The average molecular weight is 273 g/mol. The monoisotopic (exact) mass is 273 g/mol. The van der Waals surface area contributed by atoms with Crippen LogP contribution in [0.1, 0.15) is 45.4 Å². The number of nitrogens with one attached hydrogen (secondary N) is 1. The molecule has 1 aliphatic heterocycles. The molecule has 3 nitrogen and oxygen atoms in total. The lowest BCUT2D eigenvalue weighted by Crippen LogP contribution is -2.46. The fourth-order valence-corrected chi connectivity index (χ4v) is 4.46. The van der Waals surface area contributed by atoms with Crippen molar-refractivity contribution in [2.45, 2.75) is 62.3 Å². The normalized spacial score (nSPS) is 36.3. The number of aliphatic hydroxyl groups is 1.